The van der Waals surface area contributed by atoms with Crippen LogP contribution in [-0.4, -0.2) is 49.6 Å². The van der Waals surface area contributed by atoms with Gasteiger partial charge in [-0.2, -0.15) is 0 Å². The number of rotatable bonds is 6. The third-order valence-corrected chi connectivity index (χ3v) is 5.30. The lowest BCUT2D eigenvalue weighted by Crippen LogP contribution is -2.39. The summed E-state index contributed by atoms with van der Waals surface area (Å²) in [5.41, 5.74) is 4.65. The van der Waals surface area contributed by atoms with Crippen molar-refractivity contribution >= 4 is 12.1 Å². The maximum absolute atomic E-state index is 12.6. The van der Waals surface area contributed by atoms with Crippen molar-refractivity contribution in [3.05, 3.63) is 59.7 Å². The van der Waals surface area contributed by atoms with Gasteiger partial charge in [0.2, 0.25) is 0 Å². The Labute approximate surface area is 164 Å². The highest BCUT2D eigenvalue weighted by atomic mass is 16.6. The van der Waals surface area contributed by atoms with Crippen LogP contribution in [0.25, 0.3) is 11.1 Å². The highest BCUT2D eigenvalue weighted by molar-refractivity contribution is 5.84. The van der Waals surface area contributed by atoms with Gasteiger partial charge in [0, 0.05) is 25.6 Å². The SMILES string of the molecule is CCOCC[C@H]1C(=O)OCN1C(=O)OCC1c2ccccc2-c2ccccc21. The molecule has 0 spiro atoms. The van der Waals surface area contributed by atoms with Crippen LogP contribution in [-0.2, 0) is 19.0 Å². The molecule has 0 radical (unpaired) electrons. The van der Waals surface area contributed by atoms with Crippen molar-refractivity contribution in [2.24, 2.45) is 0 Å². The summed E-state index contributed by atoms with van der Waals surface area (Å²) in [4.78, 5) is 25.9. The largest absolute Gasteiger partial charge is 0.448 e. The summed E-state index contributed by atoms with van der Waals surface area (Å²) in [5, 5.41) is 0. The molecule has 1 saturated heterocycles. The van der Waals surface area contributed by atoms with Crippen molar-refractivity contribution in [2.75, 3.05) is 26.6 Å². The van der Waals surface area contributed by atoms with Crippen LogP contribution in [0.2, 0.25) is 0 Å². The molecule has 1 heterocycles. The number of benzene rings is 2. The lowest BCUT2D eigenvalue weighted by Gasteiger charge is -2.21. The van der Waals surface area contributed by atoms with Crippen LogP contribution >= 0.6 is 0 Å². The Bertz CT molecular complexity index is 835. The molecule has 0 saturated carbocycles. The van der Waals surface area contributed by atoms with Crippen LogP contribution in [0.5, 0.6) is 0 Å². The third-order valence-electron chi connectivity index (χ3n) is 5.30. The van der Waals surface area contributed by atoms with Gasteiger partial charge in [-0.25, -0.2) is 9.59 Å². The zero-order chi connectivity index (χ0) is 19.5. The lowest BCUT2D eigenvalue weighted by atomic mass is 9.98. The number of esters is 1. The molecule has 1 aliphatic carbocycles. The smallest absolute Gasteiger partial charge is 0.413 e. The molecular formula is C22H23NO5. The van der Waals surface area contributed by atoms with E-state index in [0.29, 0.717) is 19.6 Å². The molecule has 2 aliphatic rings. The van der Waals surface area contributed by atoms with Crippen molar-refractivity contribution in [3.63, 3.8) is 0 Å². The minimum absolute atomic E-state index is 0.0163. The normalized spacial score (nSPS) is 18.0. The number of cyclic esters (lactones) is 1. The van der Waals surface area contributed by atoms with E-state index in [0.717, 1.165) is 11.1 Å². The van der Waals surface area contributed by atoms with Gasteiger partial charge < -0.3 is 14.2 Å². The second kappa shape index (κ2) is 8.02. The second-order valence-corrected chi connectivity index (χ2v) is 6.87. The Kier molecular flexibility index (Phi) is 5.30. The minimum Gasteiger partial charge on any atom is -0.448 e. The lowest BCUT2D eigenvalue weighted by molar-refractivity contribution is -0.139. The van der Waals surface area contributed by atoms with Crippen LogP contribution in [0.4, 0.5) is 4.79 Å². The minimum atomic E-state index is -0.651. The number of ether oxygens (including phenoxy) is 3. The van der Waals surface area contributed by atoms with E-state index in [9.17, 15) is 9.59 Å². The Hall–Kier alpha value is -2.86. The summed E-state index contributed by atoms with van der Waals surface area (Å²) < 4.78 is 16.0. The molecule has 2 aromatic rings. The third kappa shape index (κ3) is 3.36. The van der Waals surface area contributed by atoms with E-state index < -0.39 is 18.1 Å². The maximum Gasteiger partial charge on any atom is 0.413 e. The van der Waals surface area contributed by atoms with Gasteiger partial charge in [0.15, 0.2) is 6.73 Å². The van der Waals surface area contributed by atoms with Crippen molar-refractivity contribution in [1.82, 2.24) is 4.90 Å². The van der Waals surface area contributed by atoms with E-state index in [1.807, 2.05) is 31.2 Å². The van der Waals surface area contributed by atoms with Crippen molar-refractivity contribution in [2.45, 2.75) is 25.3 Å². The van der Waals surface area contributed by atoms with E-state index in [1.165, 1.54) is 16.0 Å². The van der Waals surface area contributed by atoms with Crippen LogP contribution in [0.1, 0.15) is 30.4 Å². The fraction of sp³-hybridized carbons (Fsp3) is 0.364. The Morgan fingerprint density at radius 1 is 1.11 bits per heavy atom. The standard InChI is InChI=1S/C22H23NO5/c1-2-26-12-11-20-21(24)28-14-23(20)22(25)27-13-19-17-9-5-3-7-15(17)16-8-4-6-10-18(16)19/h3-10,19-20H,2,11-14H2,1H3/t20-/m0/s1. The highest BCUT2D eigenvalue weighted by Crippen LogP contribution is 2.44. The van der Waals surface area contributed by atoms with Crippen molar-refractivity contribution < 1.29 is 23.8 Å². The maximum atomic E-state index is 12.6. The molecule has 28 heavy (non-hydrogen) atoms. The molecule has 1 fully saturated rings. The first-order valence-corrected chi connectivity index (χ1v) is 9.56. The number of hydrogen-bond acceptors (Lipinski definition) is 5. The van der Waals surface area contributed by atoms with E-state index >= 15 is 0 Å². The Morgan fingerprint density at radius 2 is 1.75 bits per heavy atom. The van der Waals surface area contributed by atoms with E-state index in [4.69, 9.17) is 14.2 Å². The second-order valence-electron chi connectivity index (χ2n) is 6.87. The molecule has 0 aromatic heterocycles. The average Bonchev–Trinajstić information content (AvgIpc) is 3.25. The number of carbonyl (C=O) groups excluding carboxylic acids is 2. The number of amides is 1. The number of fused-ring (bicyclic) bond motifs is 3. The molecule has 1 aliphatic heterocycles. The fourth-order valence-electron chi connectivity index (χ4n) is 3.92. The molecule has 0 bridgehead atoms. The summed E-state index contributed by atoms with van der Waals surface area (Å²) in [7, 11) is 0. The first-order chi connectivity index (χ1) is 13.7. The number of carbonyl (C=O) groups is 2. The summed E-state index contributed by atoms with van der Waals surface area (Å²) in [6, 6.07) is 15.7. The van der Waals surface area contributed by atoms with E-state index in [-0.39, 0.29) is 19.3 Å². The van der Waals surface area contributed by atoms with Crippen LogP contribution in [0, 0.1) is 0 Å². The molecule has 6 nitrogen and oxygen atoms in total. The summed E-state index contributed by atoms with van der Waals surface area (Å²) in [6.45, 7) is 2.98. The summed E-state index contributed by atoms with van der Waals surface area (Å²) in [6.07, 6.45) is -0.133. The molecule has 6 heteroatoms. The van der Waals surface area contributed by atoms with Crippen LogP contribution < -0.4 is 0 Å². The molecule has 4 rings (SSSR count). The molecule has 1 amide bonds. The zero-order valence-corrected chi connectivity index (χ0v) is 15.8. The molecule has 0 N–H and O–H groups in total. The Morgan fingerprint density at radius 3 is 2.39 bits per heavy atom. The van der Waals surface area contributed by atoms with Gasteiger partial charge in [-0.3, -0.25) is 4.90 Å². The zero-order valence-electron chi connectivity index (χ0n) is 15.8. The topological polar surface area (TPSA) is 65.1 Å². The summed E-state index contributed by atoms with van der Waals surface area (Å²) >= 11 is 0. The van der Waals surface area contributed by atoms with Gasteiger partial charge in [0.05, 0.1) is 0 Å². The first-order valence-electron chi connectivity index (χ1n) is 9.56. The van der Waals surface area contributed by atoms with Gasteiger partial charge in [-0.05, 0) is 29.2 Å². The number of hydrogen-bond donors (Lipinski definition) is 0. The van der Waals surface area contributed by atoms with E-state index in [2.05, 4.69) is 24.3 Å². The Balaban J connectivity index is 1.46. The monoisotopic (exact) mass is 381 g/mol. The van der Waals surface area contributed by atoms with Crippen LogP contribution in [0.15, 0.2) is 48.5 Å². The molecule has 0 unspecified atom stereocenters. The van der Waals surface area contributed by atoms with Gasteiger partial charge in [-0.15, -0.1) is 0 Å². The number of nitrogens with zero attached hydrogens (tertiary/aromatic N) is 1. The molecule has 146 valence electrons. The molecule has 2 aromatic carbocycles. The molecule has 1 atom stereocenters. The van der Waals surface area contributed by atoms with Gasteiger partial charge >= 0.3 is 12.1 Å². The van der Waals surface area contributed by atoms with Gasteiger partial charge in [0.1, 0.15) is 12.6 Å². The molecular weight excluding hydrogens is 358 g/mol. The first kappa shape index (κ1) is 18.5. The quantitative estimate of drug-likeness (QED) is 0.566. The summed E-state index contributed by atoms with van der Waals surface area (Å²) in [5.74, 6) is -0.425. The average molecular weight is 381 g/mol. The van der Waals surface area contributed by atoms with Crippen LogP contribution in [0.3, 0.4) is 0 Å². The fourth-order valence-corrected chi connectivity index (χ4v) is 3.92. The van der Waals surface area contributed by atoms with Gasteiger partial charge in [-0.1, -0.05) is 48.5 Å². The predicted molar refractivity (Wildman–Crippen MR) is 103 cm³/mol. The van der Waals surface area contributed by atoms with E-state index in [1.54, 1.807) is 0 Å². The highest BCUT2D eigenvalue weighted by Gasteiger charge is 2.39. The predicted octanol–water partition coefficient (Wildman–Crippen LogP) is 3.55. The van der Waals surface area contributed by atoms with Crippen molar-refractivity contribution in [3.8, 4) is 11.1 Å². The van der Waals surface area contributed by atoms with Crippen molar-refractivity contribution in [1.29, 1.82) is 0 Å². The van der Waals surface area contributed by atoms with Gasteiger partial charge in [0.25, 0.3) is 0 Å².